The van der Waals surface area contributed by atoms with Gasteiger partial charge >= 0.3 is 0 Å². The quantitative estimate of drug-likeness (QED) is 0.776. The first kappa shape index (κ1) is 14.4. The Bertz CT molecular complexity index is 602. The predicted octanol–water partition coefficient (Wildman–Crippen LogP) is 4.74. The second kappa shape index (κ2) is 5.94. The highest BCUT2D eigenvalue weighted by atomic mass is 127. The summed E-state index contributed by atoms with van der Waals surface area (Å²) in [7, 11) is 0. The van der Waals surface area contributed by atoms with Crippen LogP contribution in [0, 0.1) is 9.39 Å². The van der Waals surface area contributed by atoms with Crippen LogP contribution in [0.25, 0.3) is 10.9 Å². The number of aromatic nitrogens is 1. The maximum atomic E-state index is 13.5. The molecule has 0 fully saturated rings. The van der Waals surface area contributed by atoms with Crippen molar-refractivity contribution in [2.24, 2.45) is 0 Å². The molecule has 0 atom stereocenters. The smallest absolute Gasteiger partial charge is 0.280 e. The van der Waals surface area contributed by atoms with Crippen molar-refractivity contribution in [3.05, 3.63) is 33.3 Å². The van der Waals surface area contributed by atoms with Crippen molar-refractivity contribution >= 4 is 39.2 Å². The van der Waals surface area contributed by atoms with Gasteiger partial charge in [-0.3, -0.25) is 0 Å². The van der Waals surface area contributed by atoms with E-state index in [0.717, 1.165) is 6.42 Å². The zero-order valence-electron chi connectivity index (χ0n) is 10.2. The molecular weight excluding hydrogens is 368 g/mol. The van der Waals surface area contributed by atoms with E-state index in [1.807, 2.05) is 29.5 Å². The van der Waals surface area contributed by atoms with Crippen molar-refractivity contribution in [3.8, 4) is 0 Å². The van der Waals surface area contributed by atoms with Crippen molar-refractivity contribution in [2.75, 3.05) is 11.9 Å². The largest absolute Gasteiger partial charge is 0.384 e. The van der Waals surface area contributed by atoms with Crippen molar-refractivity contribution in [3.63, 3.8) is 0 Å². The van der Waals surface area contributed by atoms with Crippen molar-refractivity contribution in [1.82, 2.24) is 4.98 Å². The lowest BCUT2D eigenvalue weighted by molar-refractivity contribution is 0.146. The minimum Gasteiger partial charge on any atom is -0.384 e. The average Bonchev–Trinajstić information content (AvgIpc) is 2.35. The number of pyridine rings is 1. The third kappa shape index (κ3) is 3.10. The van der Waals surface area contributed by atoms with E-state index in [9.17, 15) is 13.2 Å². The van der Waals surface area contributed by atoms with Gasteiger partial charge in [-0.2, -0.15) is 0 Å². The van der Waals surface area contributed by atoms with Gasteiger partial charge in [-0.15, -0.1) is 0 Å². The van der Waals surface area contributed by atoms with Gasteiger partial charge in [0.25, 0.3) is 6.43 Å². The van der Waals surface area contributed by atoms with Crippen LogP contribution >= 0.6 is 22.6 Å². The molecular formula is C13H12F3IN2. The van der Waals surface area contributed by atoms with E-state index in [4.69, 9.17) is 0 Å². The molecule has 2 nitrogen and oxygen atoms in total. The highest BCUT2D eigenvalue weighted by Crippen LogP contribution is 2.31. The standard InChI is InChI=1S/C13H12F3IN2/c1-2-3-18-10-6-11(13(15)16)19-12-8(10)4-7(14)5-9(12)17/h4-6,13H,2-3H2,1H3,(H,18,19). The number of hydrogen-bond donors (Lipinski definition) is 1. The van der Waals surface area contributed by atoms with Crippen LogP contribution in [0.5, 0.6) is 0 Å². The second-order valence-corrected chi connectivity index (χ2v) is 5.27. The molecule has 0 saturated heterocycles. The van der Waals surface area contributed by atoms with E-state index in [1.54, 1.807) is 0 Å². The van der Waals surface area contributed by atoms with Gasteiger partial charge in [0.1, 0.15) is 11.5 Å². The fraction of sp³-hybridized carbons (Fsp3) is 0.308. The van der Waals surface area contributed by atoms with Gasteiger partial charge in [-0.1, -0.05) is 6.92 Å². The van der Waals surface area contributed by atoms with E-state index in [0.29, 0.717) is 26.7 Å². The predicted molar refractivity (Wildman–Crippen MR) is 78.2 cm³/mol. The third-order valence-corrected chi connectivity index (χ3v) is 3.46. The molecule has 1 heterocycles. The summed E-state index contributed by atoms with van der Waals surface area (Å²) in [6, 6.07) is 3.89. The van der Waals surface area contributed by atoms with Crippen LogP contribution in [0.1, 0.15) is 25.5 Å². The van der Waals surface area contributed by atoms with Gasteiger partial charge in [0, 0.05) is 21.2 Å². The Kier molecular flexibility index (Phi) is 4.49. The van der Waals surface area contributed by atoms with Crippen LogP contribution in [-0.2, 0) is 0 Å². The Morgan fingerprint density at radius 1 is 1.32 bits per heavy atom. The topological polar surface area (TPSA) is 24.9 Å². The number of nitrogens with zero attached hydrogens (tertiary/aromatic N) is 1. The molecule has 0 spiro atoms. The minimum atomic E-state index is -2.65. The van der Waals surface area contributed by atoms with Crippen LogP contribution in [0.4, 0.5) is 18.9 Å². The molecule has 0 aliphatic heterocycles. The van der Waals surface area contributed by atoms with Crippen LogP contribution in [0.3, 0.4) is 0 Å². The summed E-state index contributed by atoms with van der Waals surface area (Å²) in [6.45, 7) is 2.60. The molecule has 1 aromatic carbocycles. The van der Waals surface area contributed by atoms with Crippen molar-refractivity contribution in [2.45, 2.75) is 19.8 Å². The first-order chi connectivity index (χ1) is 9.02. The Labute approximate surface area is 122 Å². The van der Waals surface area contributed by atoms with Crippen molar-refractivity contribution < 1.29 is 13.2 Å². The van der Waals surface area contributed by atoms with E-state index >= 15 is 0 Å². The van der Waals surface area contributed by atoms with Gasteiger partial charge in [-0.05, 0) is 47.2 Å². The zero-order chi connectivity index (χ0) is 14.0. The fourth-order valence-electron chi connectivity index (χ4n) is 1.79. The summed E-state index contributed by atoms with van der Waals surface area (Å²) in [4.78, 5) is 3.92. The molecule has 0 bridgehead atoms. The summed E-state index contributed by atoms with van der Waals surface area (Å²) in [5.41, 5.74) is 0.605. The van der Waals surface area contributed by atoms with E-state index in [-0.39, 0.29) is 5.69 Å². The molecule has 19 heavy (non-hydrogen) atoms. The molecule has 0 radical (unpaired) electrons. The van der Waals surface area contributed by atoms with Crippen molar-refractivity contribution in [1.29, 1.82) is 0 Å². The van der Waals surface area contributed by atoms with Gasteiger partial charge in [0.05, 0.1) is 5.52 Å². The number of benzene rings is 1. The molecule has 0 aliphatic carbocycles. The highest BCUT2D eigenvalue weighted by Gasteiger charge is 2.15. The van der Waals surface area contributed by atoms with Crippen LogP contribution in [-0.4, -0.2) is 11.5 Å². The fourth-order valence-corrected chi connectivity index (χ4v) is 2.50. The van der Waals surface area contributed by atoms with E-state index in [1.165, 1.54) is 18.2 Å². The number of alkyl halides is 2. The summed E-state index contributed by atoms with van der Waals surface area (Å²) < 4.78 is 39.7. The van der Waals surface area contributed by atoms with Gasteiger partial charge < -0.3 is 5.32 Å². The Morgan fingerprint density at radius 3 is 2.68 bits per heavy atom. The molecule has 6 heteroatoms. The first-order valence-corrected chi connectivity index (χ1v) is 6.92. The van der Waals surface area contributed by atoms with Crippen LogP contribution in [0.15, 0.2) is 18.2 Å². The Hall–Kier alpha value is -1.05. The molecule has 0 aliphatic rings. The van der Waals surface area contributed by atoms with E-state index < -0.39 is 12.2 Å². The maximum Gasteiger partial charge on any atom is 0.280 e. The minimum absolute atomic E-state index is 0.296. The molecule has 1 N–H and O–H groups in total. The Balaban J connectivity index is 2.67. The monoisotopic (exact) mass is 380 g/mol. The van der Waals surface area contributed by atoms with Crippen LogP contribution in [0.2, 0.25) is 0 Å². The SMILES string of the molecule is CCCNc1cc(C(F)F)nc2c(I)cc(F)cc12. The van der Waals surface area contributed by atoms with Gasteiger partial charge in [0.15, 0.2) is 0 Å². The van der Waals surface area contributed by atoms with Crippen LogP contribution < -0.4 is 5.32 Å². The third-order valence-electron chi connectivity index (χ3n) is 2.64. The molecule has 102 valence electrons. The normalized spacial score (nSPS) is 11.3. The molecule has 0 amide bonds. The lowest BCUT2D eigenvalue weighted by atomic mass is 10.1. The number of rotatable bonds is 4. The number of fused-ring (bicyclic) bond motifs is 1. The van der Waals surface area contributed by atoms with E-state index in [2.05, 4.69) is 10.3 Å². The first-order valence-electron chi connectivity index (χ1n) is 5.84. The lowest BCUT2D eigenvalue weighted by Gasteiger charge is -2.12. The summed E-state index contributed by atoms with van der Waals surface area (Å²) in [5, 5.41) is 3.57. The maximum absolute atomic E-state index is 13.5. The molecule has 0 saturated carbocycles. The van der Waals surface area contributed by atoms with Gasteiger partial charge in [-0.25, -0.2) is 18.2 Å². The number of hydrogen-bond acceptors (Lipinski definition) is 2. The Morgan fingerprint density at radius 2 is 2.05 bits per heavy atom. The zero-order valence-corrected chi connectivity index (χ0v) is 12.3. The highest BCUT2D eigenvalue weighted by molar-refractivity contribution is 14.1. The molecule has 2 rings (SSSR count). The molecule has 1 aromatic heterocycles. The summed E-state index contributed by atoms with van der Waals surface area (Å²) in [5.74, 6) is -0.400. The second-order valence-electron chi connectivity index (χ2n) is 4.11. The molecule has 0 unspecified atom stereocenters. The number of nitrogens with one attached hydrogen (secondary N) is 1. The average molecular weight is 380 g/mol. The lowest BCUT2D eigenvalue weighted by Crippen LogP contribution is -2.04. The molecule has 2 aromatic rings. The van der Waals surface area contributed by atoms with Gasteiger partial charge in [0.2, 0.25) is 0 Å². The summed E-state index contributed by atoms with van der Waals surface area (Å²) >= 11 is 1.90. The number of anilines is 1. The summed E-state index contributed by atoms with van der Waals surface area (Å²) in [6.07, 6.45) is -1.80. The number of halogens is 4.